The predicted octanol–water partition coefficient (Wildman–Crippen LogP) is 2.50. The average molecular weight is 371 g/mol. The number of hydrogen-bond acceptors (Lipinski definition) is 3. The van der Waals surface area contributed by atoms with Crippen LogP contribution < -0.4 is 10.0 Å². The molecule has 0 atom stereocenters. The molecular formula is C16H16ClFN2O3S. The fraction of sp³-hybridized carbons (Fsp3) is 0.188. The van der Waals surface area contributed by atoms with Gasteiger partial charge in [0.05, 0.1) is 15.5 Å². The van der Waals surface area contributed by atoms with Gasteiger partial charge in [-0.15, -0.1) is 0 Å². The molecule has 0 fully saturated rings. The Morgan fingerprint density at radius 3 is 2.42 bits per heavy atom. The zero-order valence-corrected chi connectivity index (χ0v) is 14.4. The second-order valence-electron chi connectivity index (χ2n) is 5.06. The van der Waals surface area contributed by atoms with Gasteiger partial charge in [-0.05, 0) is 31.2 Å². The van der Waals surface area contributed by atoms with E-state index in [0.29, 0.717) is 0 Å². The van der Waals surface area contributed by atoms with E-state index in [4.69, 9.17) is 11.6 Å². The van der Waals surface area contributed by atoms with Crippen LogP contribution in [-0.4, -0.2) is 27.4 Å². The summed E-state index contributed by atoms with van der Waals surface area (Å²) in [4.78, 5) is 12.0. The molecule has 0 heterocycles. The lowest BCUT2D eigenvalue weighted by Gasteiger charge is -2.09. The van der Waals surface area contributed by atoms with Crippen LogP contribution >= 0.6 is 11.6 Å². The highest BCUT2D eigenvalue weighted by Gasteiger charge is 2.16. The van der Waals surface area contributed by atoms with E-state index < -0.39 is 21.7 Å². The SMILES string of the molecule is Cc1ccc(S(=O)(=O)NCCNC(=O)c2c(F)cccc2Cl)cc1. The molecule has 5 nitrogen and oxygen atoms in total. The minimum Gasteiger partial charge on any atom is -0.351 e. The van der Waals surface area contributed by atoms with Gasteiger partial charge in [-0.1, -0.05) is 35.4 Å². The van der Waals surface area contributed by atoms with E-state index in [2.05, 4.69) is 10.0 Å². The molecule has 0 aliphatic heterocycles. The molecule has 2 rings (SSSR count). The number of benzene rings is 2. The monoisotopic (exact) mass is 370 g/mol. The van der Waals surface area contributed by atoms with Crippen molar-refractivity contribution in [3.8, 4) is 0 Å². The first-order valence-corrected chi connectivity index (χ1v) is 8.96. The van der Waals surface area contributed by atoms with Gasteiger partial charge in [0.2, 0.25) is 10.0 Å². The minimum absolute atomic E-state index is 0.00537. The van der Waals surface area contributed by atoms with Crippen LogP contribution in [0.4, 0.5) is 4.39 Å². The predicted molar refractivity (Wildman–Crippen MR) is 90.1 cm³/mol. The van der Waals surface area contributed by atoms with Crippen LogP contribution in [-0.2, 0) is 10.0 Å². The summed E-state index contributed by atoms with van der Waals surface area (Å²) < 4.78 is 40.1. The second kappa shape index (κ2) is 7.74. The Morgan fingerprint density at radius 2 is 1.79 bits per heavy atom. The summed E-state index contributed by atoms with van der Waals surface area (Å²) in [6.07, 6.45) is 0. The molecule has 128 valence electrons. The highest BCUT2D eigenvalue weighted by Crippen LogP contribution is 2.18. The van der Waals surface area contributed by atoms with Gasteiger partial charge in [-0.3, -0.25) is 4.79 Å². The summed E-state index contributed by atoms with van der Waals surface area (Å²) >= 11 is 5.79. The smallest absolute Gasteiger partial charge is 0.255 e. The van der Waals surface area contributed by atoms with Crippen molar-refractivity contribution in [2.45, 2.75) is 11.8 Å². The Bertz CT molecular complexity index is 819. The number of aryl methyl sites for hydroxylation is 1. The summed E-state index contributed by atoms with van der Waals surface area (Å²) in [5.41, 5.74) is 0.684. The number of carbonyl (C=O) groups excluding carboxylic acids is 1. The van der Waals surface area contributed by atoms with Crippen molar-refractivity contribution in [2.75, 3.05) is 13.1 Å². The van der Waals surface area contributed by atoms with Crippen LogP contribution in [0.3, 0.4) is 0 Å². The number of rotatable bonds is 6. The summed E-state index contributed by atoms with van der Waals surface area (Å²) in [5, 5.41) is 2.42. The maximum atomic E-state index is 13.6. The molecule has 2 aromatic rings. The van der Waals surface area contributed by atoms with Crippen molar-refractivity contribution < 1.29 is 17.6 Å². The molecular weight excluding hydrogens is 355 g/mol. The van der Waals surface area contributed by atoms with Crippen LogP contribution in [0.2, 0.25) is 5.02 Å². The van der Waals surface area contributed by atoms with Crippen molar-refractivity contribution in [1.82, 2.24) is 10.0 Å². The molecule has 0 aromatic heterocycles. The van der Waals surface area contributed by atoms with E-state index in [1.54, 1.807) is 12.1 Å². The van der Waals surface area contributed by atoms with Crippen molar-refractivity contribution >= 4 is 27.5 Å². The first-order valence-electron chi connectivity index (χ1n) is 7.10. The number of halogens is 2. The molecule has 2 N–H and O–H groups in total. The number of nitrogens with one attached hydrogen (secondary N) is 2. The van der Waals surface area contributed by atoms with Crippen LogP contribution in [0.15, 0.2) is 47.4 Å². The van der Waals surface area contributed by atoms with Gasteiger partial charge in [-0.2, -0.15) is 0 Å². The van der Waals surface area contributed by atoms with E-state index in [1.165, 1.54) is 24.3 Å². The van der Waals surface area contributed by atoms with Gasteiger partial charge in [0.1, 0.15) is 5.82 Å². The summed E-state index contributed by atoms with van der Waals surface area (Å²) in [6.45, 7) is 1.82. The molecule has 1 amide bonds. The van der Waals surface area contributed by atoms with Crippen molar-refractivity contribution in [1.29, 1.82) is 0 Å². The Balaban J connectivity index is 1.91. The minimum atomic E-state index is -3.66. The third kappa shape index (κ3) is 4.53. The molecule has 0 spiro atoms. The third-order valence-corrected chi connectivity index (χ3v) is 5.02. The first-order chi connectivity index (χ1) is 11.3. The van der Waals surface area contributed by atoms with Gasteiger partial charge >= 0.3 is 0 Å². The Morgan fingerprint density at radius 1 is 1.12 bits per heavy atom. The summed E-state index contributed by atoms with van der Waals surface area (Å²) in [5.74, 6) is -1.44. The van der Waals surface area contributed by atoms with E-state index in [1.807, 2.05) is 6.92 Å². The molecule has 0 bridgehead atoms. The van der Waals surface area contributed by atoms with Crippen LogP contribution in [0.25, 0.3) is 0 Å². The van der Waals surface area contributed by atoms with Crippen molar-refractivity contribution in [2.24, 2.45) is 0 Å². The Labute approximate surface area is 144 Å². The fourth-order valence-electron chi connectivity index (χ4n) is 1.97. The quantitative estimate of drug-likeness (QED) is 0.767. The molecule has 0 saturated carbocycles. The zero-order valence-electron chi connectivity index (χ0n) is 12.8. The topological polar surface area (TPSA) is 75.3 Å². The number of hydrogen-bond donors (Lipinski definition) is 2. The van der Waals surface area contributed by atoms with Gasteiger partial charge < -0.3 is 5.32 Å². The fourth-order valence-corrected chi connectivity index (χ4v) is 3.25. The van der Waals surface area contributed by atoms with E-state index in [-0.39, 0.29) is 28.6 Å². The number of carbonyl (C=O) groups is 1. The molecule has 24 heavy (non-hydrogen) atoms. The summed E-state index contributed by atoms with van der Waals surface area (Å²) in [6, 6.07) is 10.3. The standard InChI is InChI=1S/C16H16ClFN2O3S/c1-11-5-7-12(8-6-11)24(22,23)20-10-9-19-16(21)15-13(17)3-2-4-14(15)18/h2-8,20H,9-10H2,1H3,(H,19,21). The van der Waals surface area contributed by atoms with Crippen molar-refractivity contribution in [3.05, 3.63) is 64.4 Å². The lowest BCUT2D eigenvalue weighted by molar-refractivity contribution is 0.0950. The van der Waals surface area contributed by atoms with Crippen LogP contribution in [0, 0.1) is 12.7 Å². The van der Waals surface area contributed by atoms with Gasteiger partial charge in [-0.25, -0.2) is 17.5 Å². The molecule has 8 heteroatoms. The van der Waals surface area contributed by atoms with Gasteiger partial charge in [0.25, 0.3) is 5.91 Å². The molecule has 0 saturated heterocycles. The van der Waals surface area contributed by atoms with E-state index >= 15 is 0 Å². The maximum Gasteiger partial charge on any atom is 0.255 e. The summed E-state index contributed by atoms with van der Waals surface area (Å²) in [7, 11) is -3.66. The van der Waals surface area contributed by atoms with E-state index in [9.17, 15) is 17.6 Å². The normalized spacial score (nSPS) is 11.3. The van der Waals surface area contributed by atoms with Gasteiger partial charge in [0, 0.05) is 13.1 Å². The third-order valence-electron chi connectivity index (χ3n) is 3.22. The molecule has 2 aromatic carbocycles. The highest BCUT2D eigenvalue weighted by atomic mass is 35.5. The molecule has 0 aliphatic carbocycles. The van der Waals surface area contributed by atoms with Crippen molar-refractivity contribution in [3.63, 3.8) is 0 Å². The van der Waals surface area contributed by atoms with Gasteiger partial charge in [0.15, 0.2) is 0 Å². The lowest BCUT2D eigenvalue weighted by atomic mass is 10.2. The number of amides is 1. The largest absolute Gasteiger partial charge is 0.351 e. The highest BCUT2D eigenvalue weighted by molar-refractivity contribution is 7.89. The molecule has 0 radical (unpaired) electrons. The lowest BCUT2D eigenvalue weighted by Crippen LogP contribution is -2.35. The maximum absolute atomic E-state index is 13.6. The molecule has 0 unspecified atom stereocenters. The number of sulfonamides is 1. The zero-order chi connectivity index (χ0) is 17.7. The first kappa shape index (κ1) is 18.4. The Kier molecular flexibility index (Phi) is 5.93. The Hall–Kier alpha value is -1.96. The second-order valence-corrected chi connectivity index (χ2v) is 7.24. The van der Waals surface area contributed by atoms with E-state index in [0.717, 1.165) is 11.6 Å². The van der Waals surface area contributed by atoms with Crippen LogP contribution in [0.5, 0.6) is 0 Å². The van der Waals surface area contributed by atoms with Crippen LogP contribution in [0.1, 0.15) is 15.9 Å². The average Bonchev–Trinajstić information content (AvgIpc) is 2.52. The molecule has 0 aliphatic rings.